The third-order valence-corrected chi connectivity index (χ3v) is 8.39. The molecule has 0 bridgehead atoms. The van der Waals surface area contributed by atoms with Gasteiger partial charge in [0.05, 0.1) is 62.9 Å². The molecule has 0 aliphatic carbocycles. The van der Waals surface area contributed by atoms with Gasteiger partial charge < -0.3 is 34.5 Å². The van der Waals surface area contributed by atoms with Crippen LogP contribution < -0.4 is 10.6 Å². The third-order valence-electron chi connectivity index (χ3n) is 8.08. The van der Waals surface area contributed by atoms with Gasteiger partial charge in [0, 0.05) is 6.42 Å². The summed E-state index contributed by atoms with van der Waals surface area (Å²) in [5.41, 5.74) is 0. The zero-order valence-electron chi connectivity index (χ0n) is 29.7. The van der Waals surface area contributed by atoms with E-state index in [1.54, 1.807) is 0 Å². The van der Waals surface area contributed by atoms with E-state index in [0.717, 1.165) is 51.4 Å². The number of hydrogen-bond donors (Lipinski definition) is 3. The number of nitrogens with zero attached hydrogens (tertiary/aromatic N) is 1. The first kappa shape index (κ1) is 43.6. The molecule has 0 aromatic carbocycles. The zero-order valence-corrected chi connectivity index (χ0v) is 30.6. The van der Waals surface area contributed by atoms with Crippen LogP contribution in [-0.4, -0.2) is 104 Å². The van der Waals surface area contributed by atoms with Crippen LogP contribution in [-0.2, 0) is 33.3 Å². The lowest BCUT2D eigenvalue weighted by molar-refractivity contribution is -0.140. The van der Waals surface area contributed by atoms with Crippen LogP contribution in [0, 0.1) is 0 Å². The van der Waals surface area contributed by atoms with Gasteiger partial charge in [0.2, 0.25) is 17.7 Å². The van der Waals surface area contributed by atoms with Gasteiger partial charge in [0.15, 0.2) is 0 Å². The maximum Gasteiger partial charge on any atom is 0.240 e. The molecule has 2 N–H and O–H groups in total. The van der Waals surface area contributed by atoms with Crippen LogP contribution in [0.5, 0.6) is 0 Å². The number of thiol groups is 1. The molecule has 10 nitrogen and oxygen atoms in total. The number of hydrogen-bond acceptors (Lipinski definition) is 8. The number of ether oxygens (including phenoxy) is 4. The fourth-order valence-corrected chi connectivity index (χ4v) is 5.04. The van der Waals surface area contributed by atoms with Crippen LogP contribution in [0.1, 0.15) is 120 Å². The first-order valence-electron chi connectivity index (χ1n) is 17.6. The molecule has 0 aliphatic rings. The fraction of sp³-hybridized carbons (Fsp3) is 0.912. The summed E-state index contributed by atoms with van der Waals surface area (Å²) in [6.07, 6.45) is 8.11. The van der Waals surface area contributed by atoms with Gasteiger partial charge in [0.25, 0.3) is 0 Å². The van der Waals surface area contributed by atoms with Gasteiger partial charge in [-0.2, -0.15) is 12.6 Å². The standard InChI is InChI=1S/C34H67N3O7S/c1-9-28(10-2)41-22-26(23-42-29(11-3)12-4)35-32(38)20-37(34(40)18-17-19-45)21-33(39)36-27(24-43-30(13-5)14-6)25-44-31(15-7)16-8/h26-31,45H,9-25H2,1-8H3,(H,35,38)(H,36,39). The van der Waals surface area contributed by atoms with E-state index in [-0.39, 0.29) is 73.7 Å². The lowest BCUT2D eigenvalue weighted by Crippen LogP contribution is -2.51. The Hall–Kier alpha value is -1.40. The van der Waals surface area contributed by atoms with Crippen LogP contribution in [0.2, 0.25) is 0 Å². The van der Waals surface area contributed by atoms with E-state index < -0.39 is 0 Å². The van der Waals surface area contributed by atoms with Crippen molar-refractivity contribution in [3.8, 4) is 0 Å². The molecule has 0 radical (unpaired) electrons. The molecule has 45 heavy (non-hydrogen) atoms. The summed E-state index contributed by atoms with van der Waals surface area (Å²) in [4.78, 5) is 41.1. The predicted octanol–water partition coefficient (Wildman–Crippen LogP) is 5.32. The Balaban J connectivity index is 5.63. The second-order valence-corrected chi connectivity index (χ2v) is 12.1. The quantitative estimate of drug-likeness (QED) is 0.0931. The van der Waals surface area contributed by atoms with Crippen LogP contribution in [0.25, 0.3) is 0 Å². The molecule has 0 saturated heterocycles. The Bertz CT molecular complexity index is 676. The molecule has 0 fully saturated rings. The minimum absolute atomic E-state index is 0.0938. The van der Waals surface area contributed by atoms with Gasteiger partial charge in [0.1, 0.15) is 13.1 Å². The van der Waals surface area contributed by atoms with Crippen LogP contribution in [0.15, 0.2) is 0 Å². The molecule has 0 aromatic rings. The zero-order chi connectivity index (χ0) is 34.0. The summed E-state index contributed by atoms with van der Waals surface area (Å²) in [7, 11) is 0. The molecule has 0 saturated carbocycles. The minimum Gasteiger partial charge on any atom is -0.376 e. The molecular formula is C34H67N3O7S. The van der Waals surface area contributed by atoms with Crippen molar-refractivity contribution in [2.45, 2.75) is 156 Å². The van der Waals surface area contributed by atoms with Gasteiger partial charge in [-0.05, 0) is 63.5 Å². The molecule has 0 spiro atoms. The molecule has 11 heteroatoms. The van der Waals surface area contributed by atoms with E-state index >= 15 is 0 Å². The SMILES string of the molecule is CCC(CC)OCC(COC(CC)CC)NC(=O)CN(CC(=O)NC(COC(CC)CC)COC(CC)CC)C(=O)CCCS. The second-order valence-electron chi connectivity index (χ2n) is 11.7. The van der Waals surface area contributed by atoms with Crippen molar-refractivity contribution in [2.24, 2.45) is 0 Å². The summed E-state index contributed by atoms with van der Waals surface area (Å²) in [6, 6.07) is -0.758. The predicted molar refractivity (Wildman–Crippen MR) is 185 cm³/mol. The van der Waals surface area contributed by atoms with Crippen LogP contribution >= 0.6 is 12.6 Å². The Kier molecular flexibility index (Phi) is 26.8. The number of nitrogens with one attached hydrogen (secondary N) is 2. The molecule has 266 valence electrons. The van der Waals surface area contributed by atoms with Gasteiger partial charge in [-0.1, -0.05) is 55.4 Å². The number of amides is 3. The van der Waals surface area contributed by atoms with Gasteiger partial charge in [-0.15, -0.1) is 0 Å². The van der Waals surface area contributed by atoms with Crippen molar-refractivity contribution in [3.63, 3.8) is 0 Å². The summed E-state index contributed by atoms with van der Waals surface area (Å²) in [5.74, 6) is -0.465. The average Bonchev–Trinajstić information content (AvgIpc) is 3.04. The number of rotatable bonds is 29. The molecule has 0 aromatic heterocycles. The first-order chi connectivity index (χ1) is 21.6. The Morgan fingerprint density at radius 1 is 0.556 bits per heavy atom. The van der Waals surface area contributed by atoms with Crippen molar-refractivity contribution < 1.29 is 33.3 Å². The largest absolute Gasteiger partial charge is 0.376 e. The maximum absolute atomic E-state index is 13.3. The van der Waals surface area contributed by atoms with Crippen LogP contribution in [0.4, 0.5) is 0 Å². The highest BCUT2D eigenvalue weighted by atomic mass is 32.1. The highest BCUT2D eigenvalue weighted by molar-refractivity contribution is 7.80. The van der Waals surface area contributed by atoms with Crippen molar-refractivity contribution >= 4 is 30.4 Å². The monoisotopic (exact) mass is 661 g/mol. The topological polar surface area (TPSA) is 115 Å². The maximum atomic E-state index is 13.3. The summed E-state index contributed by atoms with van der Waals surface area (Å²) in [6.45, 7) is 17.3. The normalized spacial score (nSPS) is 11.9. The van der Waals surface area contributed by atoms with E-state index in [1.165, 1.54) is 4.90 Å². The van der Waals surface area contributed by atoms with Crippen molar-refractivity contribution in [1.82, 2.24) is 15.5 Å². The smallest absolute Gasteiger partial charge is 0.240 e. The van der Waals surface area contributed by atoms with Gasteiger partial charge in [-0.25, -0.2) is 0 Å². The van der Waals surface area contributed by atoms with Gasteiger partial charge in [-0.3, -0.25) is 14.4 Å². The highest BCUT2D eigenvalue weighted by Crippen LogP contribution is 2.09. The summed E-state index contributed by atoms with van der Waals surface area (Å²) < 4.78 is 24.2. The average molecular weight is 662 g/mol. The van der Waals surface area contributed by atoms with E-state index in [2.05, 4.69) is 78.7 Å². The van der Waals surface area contributed by atoms with Crippen molar-refractivity contribution in [1.29, 1.82) is 0 Å². The van der Waals surface area contributed by atoms with Crippen molar-refractivity contribution in [3.05, 3.63) is 0 Å². The molecular weight excluding hydrogens is 594 g/mol. The van der Waals surface area contributed by atoms with E-state index in [9.17, 15) is 14.4 Å². The third kappa shape index (κ3) is 20.4. The molecule has 0 heterocycles. The number of carbonyl (C=O) groups excluding carboxylic acids is 3. The first-order valence-corrected chi connectivity index (χ1v) is 18.2. The Labute approximate surface area is 280 Å². The molecule has 0 rings (SSSR count). The highest BCUT2D eigenvalue weighted by Gasteiger charge is 2.25. The molecule has 3 amide bonds. The lowest BCUT2D eigenvalue weighted by atomic mass is 10.2. The van der Waals surface area contributed by atoms with Gasteiger partial charge >= 0.3 is 0 Å². The summed E-state index contributed by atoms with van der Waals surface area (Å²) in [5, 5.41) is 6.00. The molecule has 0 atom stereocenters. The summed E-state index contributed by atoms with van der Waals surface area (Å²) >= 11 is 4.23. The van der Waals surface area contributed by atoms with E-state index in [4.69, 9.17) is 18.9 Å². The molecule has 0 unspecified atom stereocenters. The fourth-order valence-electron chi connectivity index (χ4n) is 4.88. The van der Waals surface area contributed by atoms with E-state index in [1.807, 2.05) is 0 Å². The van der Waals surface area contributed by atoms with Crippen molar-refractivity contribution in [2.75, 3.05) is 45.3 Å². The second kappa shape index (κ2) is 27.7. The molecule has 0 aliphatic heterocycles. The van der Waals surface area contributed by atoms with Crippen LogP contribution in [0.3, 0.4) is 0 Å². The minimum atomic E-state index is -0.379. The Morgan fingerprint density at radius 2 is 0.844 bits per heavy atom. The lowest BCUT2D eigenvalue weighted by Gasteiger charge is -2.28. The van der Waals surface area contributed by atoms with E-state index in [0.29, 0.717) is 38.6 Å². The Morgan fingerprint density at radius 3 is 1.09 bits per heavy atom. The number of carbonyl (C=O) groups is 3.